The third-order valence-electron chi connectivity index (χ3n) is 5.51. The first-order chi connectivity index (χ1) is 16.3. The van der Waals surface area contributed by atoms with E-state index in [0.717, 1.165) is 6.07 Å². The molecule has 2 aromatic carbocycles. The Kier molecular flexibility index (Phi) is 4.94. The van der Waals surface area contributed by atoms with Crippen LogP contribution in [0.1, 0.15) is 27.6 Å². The van der Waals surface area contributed by atoms with E-state index in [1.807, 2.05) is 0 Å². The Morgan fingerprint density at radius 2 is 1.91 bits per heavy atom. The quantitative estimate of drug-likeness (QED) is 0.264. The summed E-state index contributed by atoms with van der Waals surface area (Å²) in [5.41, 5.74) is -0.0357. The van der Waals surface area contributed by atoms with Crippen molar-refractivity contribution in [2.45, 2.75) is 13.0 Å². The molecule has 0 aliphatic carbocycles. The second-order valence-corrected chi connectivity index (χ2v) is 8.35. The van der Waals surface area contributed by atoms with Crippen LogP contribution in [-0.4, -0.2) is 43.0 Å². The highest BCUT2D eigenvalue weighted by Gasteiger charge is 2.45. The molecule has 12 heteroatoms. The highest BCUT2D eigenvalue weighted by molar-refractivity contribution is 7.15. The summed E-state index contributed by atoms with van der Waals surface area (Å²) < 4.78 is 15.0. The first-order valence-electron chi connectivity index (χ1n) is 9.95. The third-order valence-corrected chi connectivity index (χ3v) is 6.27. The average Bonchev–Trinajstić information content (AvgIpc) is 3.47. The Bertz CT molecular complexity index is 1510. The molecule has 0 saturated heterocycles. The molecule has 5 rings (SSSR count). The molecule has 3 heterocycles. The van der Waals surface area contributed by atoms with Gasteiger partial charge in [0, 0.05) is 23.2 Å². The van der Waals surface area contributed by atoms with Crippen LogP contribution in [0.4, 0.5) is 15.9 Å². The van der Waals surface area contributed by atoms with E-state index in [-0.39, 0.29) is 16.9 Å². The molecule has 2 aromatic heterocycles. The Morgan fingerprint density at radius 1 is 1.18 bits per heavy atom. The lowest BCUT2D eigenvalue weighted by Crippen LogP contribution is -2.45. The second kappa shape index (κ2) is 7.85. The van der Waals surface area contributed by atoms with E-state index in [9.17, 15) is 28.9 Å². The number of nitrogens with one attached hydrogen (secondary N) is 1. The predicted octanol–water partition coefficient (Wildman–Crippen LogP) is 3.73. The Labute approximate surface area is 194 Å². The second-order valence-electron chi connectivity index (χ2n) is 7.47. The zero-order valence-corrected chi connectivity index (χ0v) is 18.2. The maximum atomic E-state index is 13.4. The topological polar surface area (TPSA) is 127 Å². The van der Waals surface area contributed by atoms with Crippen LogP contribution < -0.4 is 5.32 Å². The first-order valence-corrected chi connectivity index (χ1v) is 10.8. The number of anilines is 1. The monoisotopic (exact) mass is 479 g/mol. The van der Waals surface area contributed by atoms with E-state index in [1.165, 1.54) is 54.7 Å². The zero-order chi connectivity index (χ0) is 24.1. The van der Waals surface area contributed by atoms with Crippen molar-refractivity contribution in [3.63, 3.8) is 0 Å². The van der Waals surface area contributed by atoms with Crippen LogP contribution >= 0.6 is 11.3 Å². The molecule has 10 nitrogen and oxygen atoms in total. The van der Waals surface area contributed by atoms with Crippen LogP contribution in [-0.2, 0) is 4.79 Å². The summed E-state index contributed by atoms with van der Waals surface area (Å²) in [6.45, 7) is 1.35. The fraction of sp³-hybridized carbons (Fsp3) is 0.0909. The van der Waals surface area contributed by atoms with Gasteiger partial charge in [0.05, 0.1) is 10.5 Å². The maximum absolute atomic E-state index is 13.4. The molecule has 3 amide bonds. The fourth-order valence-corrected chi connectivity index (χ4v) is 4.56. The first kappa shape index (κ1) is 21.4. The van der Waals surface area contributed by atoms with Crippen LogP contribution in [0, 0.1) is 15.9 Å². The lowest BCUT2D eigenvalue weighted by Gasteiger charge is -2.21. The Hall–Kier alpha value is -4.45. The number of hydrogen-bond acceptors (Lipinski definition) is 7. The standard InChI is InChI=1S/C22H14FN5O5S/c1-11(27-20(30)14-3-2-4-15(28(32)33)16(14)21(27)31)19(29)25-18-17(12-5-7-13(23)8-6-12)24-22-26(18)9-10-34-22/h2-11H,1H3,(H,25,29). The summed E-state index contributed by atoms with van der Waals surface area (Å²) >= 11 is 1.32. The fourth-order valence-electron chi connectivity index (χ4n) is 3.84. The van der Waals surface area contributed by atoms with Crippen LogP contribution in [0.25, 0.3) is 16.2 Å². The van der Waals surface area contributed by atoms with E-state index in [4.69, 9.17) is 0 Å². The van der Waals surface area contributed by atoms with E-state index in [0.29, 0.717) is 21.1 Å². The summed E-state index contributed by atoms with van der Waals surface area (Å²) in [5.74, 6) is -2.55. The zero-order valence-electron chi connectivity index (χ0n) is 17.4. The highest BCUT2D eigenvalue weighted by Crippen LogP contribution is 2.34. The van der Waals surface area contributed by atoms with Gasteiger partial charge in [0.1, 0.15) is 28.9 Å². The van der Waals surface area contributed by atoms with Gasteiger partial charge in [-0.05, 0) is 37.3 Å². The van der Waals surface area contributed by atoms with Crippen molar-refractivity contribution in [2.75, 3.05) is 5.32 Å². The third kappa shape index (κ3) is 3.23. The number of carbonyl (C=O) groups excluding carboxylic acids is 3. The normalized spacial score (nSPS) is 13.9. The van der Waals surface area contributed by atoms with Gasteiger partial charge < -0.3 is 5.32 Å². The number of nitro groups is 1. The number of aromatic nitrogens is 2. The molecule has 34 heavy (non-hydrogen) atoms. The summed E-state index contributed by atoms with van der Waals surface area (Å²) in [6, 6.07) is 8.04. The largest absolute Gasteiger partial charge is 0.308 e. The SMILES string of the molecule is CC(C(=O)Nc1c(-c2ccc(F)cc2)nc2sccn12)N1C(=O)c2cccc([N+](=O)[O-])c2C1=O. The lowest BCUT2D eigenvalue weighted by molar-refractivity contribution is -0.385. The minimum atomic E-state index is -1.28. The van der Waals surface area contributed by atoms with Gasteiger partial charge in [-0.25, -0.2) is 9.37 Å². The van der Waals surface area contributed by atoms with Gasteiger partial charge in [0.25, 0.3) is 17.5 Å². The number of benzene rings is 2. The number of halogens is 1. The minimum absolute atomic E-state index is 0.129. The molecule has 170 valence electrons. The van der Waals surface area contributed by atoms with E-state index in [1.54, 1.807) is 16.0 Å². The summed E-state index contributed by atoms with van der Waals surface area (Å²) in [7, 11) is 0. The molecule has 1 aliphatic rings. The van der Waals surface area contributed by atoms with Gasteiger partial charge >= 0.3 is 0 Å². The number of thiazole rings is 1. The van der Waals surface area contributed by atoms with Gasteiger partial charge in [-0.1, -0.05) is 6.07 Å². The maximum Gasteiger partial charge on any atom is 0.282 e. The van der Waals surface area contributed by atoms with Gasteiger partial charge in [0.15, 0.2) is 4.96 Å². The molecule has 1 aliphatic heterocycles. The predicted molar refractivity (Wildman–Crippen MR) is 120 cm³/mol. The van der Waals surface area contributed by atoms with Crippen molar-refractivity contribution < 1.29 is 23.7 Å². The number of nitro benzene ring substituents is 1. The molecule has 1 unspecified atom stereocenters. The number of amides is 3. The number of fused-ring (bicyclic) bond motifs is 2. The van der Waals surface area contributed by atoms with Gasteiger partial charge in [-0.2, -0.15) is 0 Å². The summed E-state index contributed by atoms with van der Waals surface area (Å²) in [6.07, 6.45) is 1.69. The van der Waals surface area contributed by atoms with Crippen molar-refractivity contribution in [1.29, 1.82) is 0 Å². The lowest BCUT2D eigenvalue weighted by atomic mass is 10.1. The number of nitrogens with zero attached hydrogens (tertiary/aromatic N) is 4. The smallest absolute Gasteiger partial charge is 0.282 e. The van der Waals surface area contributed by atoms with E-state index in [2.05, 4.69) is 10.3 Å². The van der Waals surface area contributed by atoms with Gasteiger partial charge in [-0.15, -0.1) is 11.3 Å². The molecule has 1 atom stereocenters. The summed E-state index contributed by atoms with van der Waals surface area (Å²) in [4.78, 5) is 55.4. The van der Waals surface area contributed by atoms with Gasteiger partial charge in [0.2, 0.25) is 5.91 Å². The van der Waals surface area contributed by atoms with Crippen LogP contribution in [0.2, 0.25) is 0 Å². The molecule has 0 bridgehead atoms. The number of rotatable bonds is 5. The number of imide groups is 1. The molecule has 0 radical (unpaired) electrons. The van der Waals surface area contributed by atoms with Crippen LogP contribution in [0.5, 0.6) is 0 Å². The molecular formula is C22H14FN5O5S. The molecule has 0 saturated carbocycles. The van der Waals surface area contributed by atoms with Crippen LogP contribution in [0.15, 0.2) is 54.0 Å². The number of hydrogen-bond donors (Lipinski definition) is 1. The minimum Gasteiger partial charge on any atom is -0.308 e. The van der Waals surface area contributed by atoms with E-state index < -0.39 is 40.2 Å². The van der Waals surface area contributed by atoms with Crippen molar-refractivity contribution in [2.24, 2.45) is 0 Å². The van der Waals surface area contributed by atoms with Crippen molar-refractivity contribution in [3.05, 3.63) is 81.1 Å². The Morgan fingerprint density at radius 3 is 2.62 bits per heavy atom. The van der Waals surface area contributed by atoms with E-state index >= 15 is 0 Å². The van der Waals surface area contributed by atoms with Crippen LogP contribution in [0.3, 0.4) is 0 Å². The molecule has 0 fully saturated rings. The van der Waals surface area contributed by atoms with Crippen molar-refractivity contribution in [1.82, 2.24) is 14.3 Å². The van der Waals surface area contributed by atoms with Crippen molar-refractivity contribution in [3.8, 4) is 11.3 Å². The van der Waals surface area contributed by atoms with Gasteiger partial charge in [-0.3, -0.25) is 33.8 Å². The van der Waals surface area contributed by atoms with Crippen molar-refractivity contribution >= 4 is 45.5 Å². The molecule has 0 spiro atoms. The molecular weight excluding hydrogens is 465 g/mol. The average molecular weight is 479 g/mol. The highest BCUT2D eigenvalue weighted by atomic mass is 32.1. The number of imidazole rings is 1. The Balaban J connectivity index is 1.48. The molecule has 4 aromatic rings. The summed E-state index contributed by atoms with van der Waals surface area (Å²) in [5, 5.41) is 15.8. The molecule has 1 N–H and O–H groups in total. The number of carbonyl (C=O) groups is 3.